The molecule has 3 heterocycles. The van der Waals surface area contributed by atoms with Crippen LogP contribution in [-0.4, -0.2) is 43.7 Å². The lowest BCUT2D eigenvalue weighted by molar-refractivity contribution is 0.0683. The van der Waals surface area contributed by atoms with E-state index in [1.165, 1.54) is 4.68 Å². The fourth-order valence-electron chi connectivity index (χ4n) is 5.74. The van der Waals surface area contributed by atoms with Crippen LogP contribution in [0.1, 0.15) is 41.0 Å². The highest BCUT2D eigenvalue weighted by Crippen LogP contribution is 2.41. The molecule has 8 nitrogen and oxygen atoms in total. The van der Waals surface area contributed by atoms with Gasteiger partial charge in [0, 0.05) is 36.5 Å². The third-order valence-corrected chi connectivity index (χ3v) is 7.49. The molecule has 2 aromatic heterocycles. The minimum Gasteiger partial charge on any atom is -0.493 e. The number of hydrogen-bond acceptors (Lipinski definition) is 5. The van der Waals surface area contributed by atoms with Crippen LogP contribution < -0.4 is 4.74 Å². The average Bonchev–Trinajstić information content (AvgIpc) is 3.40. The van der Waals surface area contributed by atoms with Crippen LogP contribution in [0.3, 0.4) is 0 Å². The molecule has 2 N–H and O–H groups in total. The Kier molecular flexibility index (Phi) is 6.70. The predicted molar refractivity (Wildman–Crippen MR) is 149 cm³/mol. The van der Waals surface area contributed by atoms with Crippen LogP contribution >= 0.6 is 0 Å². The number of aryl methyl sites for hydroxylation is 3. The van der Waals surface area contributed by atoms with Gasteiger partial charge >= 0.3 is 5.97 Å². The van der Waals surface area contributed by atoms with Crippen molar-refractivity contribution in [2.45, 2.75) is 38.8 Å². The van der Waals surface area contributed by atoms with Crippen molar-refractivity contribution in [1.82, 2.24) is 14.3 Å². The van der Waals surface area contributed by atoms with E-state index >= 15 is 0 Å². The van der Waals surface area contributed by atoms with E-state index in [4.69, 9.17) is 9.47 Å². The van der Waals surface area contributed by atoms with Crippen LogP contribution in [0.2, 0.25) is 0 Å². The molecule has 3 aromatic carbocycles. The second kappa shape index (κ2) is 10.5. The summed E-state index contributed by atoms with van der Waals surface area (Å²) in [6, 6.07) is 19.9. The number of carboxylic acid groups (broad SMARTS) is 1. The van der Waals surface area contributed by atoms with Crippen LogP contribution in [0.4, 0.5) is 0 Å². The van der Waals surface area contributed by atoms with Crippen LogP contribution in [0.15, 0.2) is 60.7 Å². The molecular weight excluding hydrogens is 494 g/mol. The molecule has 0 aliphatic carbocycles. The number of benzene rings is 3. The zero-order chi connectivity index (χ0) is 26.9. The maximum absolute atomic E-state index is 12.7. The Morgan fingerprint density at radius 3 is 2.72 bits per heavy atom. The van der Waals surface area contributed by atoms with Gasteiger partial charge in [-0.25, -0.2) is 9.48 Å². The van der Waals surface area contributed by atoms with Crippen molar-refractivity contribution in [3.8, 4) is 22.8 Å². The molecule has 1 aliphatic rings. The zero-order valence-electron chi connectivity index (χ0n) is 21.9. The minimum atomic E-state index is -0.955. The van der Waals surface area contributed by atoms with Crippen LogP contribution in [0.5, 0.6) is 11.6 Å². The highest BCUT2D eigenvalue weighted by molar-refractivity contribution is 6.04. The Labute approximate surface area is 226 Å². The molecule has 0 radical (unpaired) electrons. The number of hydrogen-bond donors (Lipinski definition) is 2. The summed E-state index contributed by atoms with van der Waals surface area (Å²) in [5.41, 5.74) is 3.89. The first-order valence-corrected chi connectivity index (χ1v) is 13.4. The summed E-state index contributed by atoms with van der Waals surface area (Å²) in [5, 5.41) is 28.9. The van der Waals surface area contributed by atoms with E-state index in [9.17, 15) is 15.0 Å². The SMILES string of the molecule is Cn1nc2c(c1O)-c1cccc3c(CCCOc4cccc5ccccc45)c(C(=O)O)n(c13)CCCCOC2. The van der Waals surface area contributed by atoms with Crippen molar-refractivity contribution in [3.63, 3.8) is 0 Å². The van der Waals surface area contributed by atoms with Crippen molar-refractivity contribution in [3.05, 3.63) is 77.6 Å². The maximum Gasteiger partial charge on any atom is 0.352 e. The lowest BCUT2D eigenvalue weighted by atomic mass is 9.99. The van der Waals surface area contributed by atoms with E-state index in [1.807, 2.05) is 53.1 Å². The quantitative estimate of drug-likeness (QED) is 0.267. The molecule has 200 valence electrons. The zero-order valence-corrected chi connectivity index (χ0v) is 21.9. The standard InChI is InChI=1S/C31H31N3O5/c1-33-30(35)27-24-13-7-12-22-23(14-8-18-39-26-15-6-10-20-9-2-3-11-21(20)26)29(31(36)37)34(28(22)24)16-4-5-17-38-19-25(27)32-33/h2-3,6-7,9-13,15,35H,4-5,8,14,16-19H2,1H3,(H,36,37). The van der Waals surface area contributed by atoms with Crippen molar-refractivity contribution < 1.29 is 24.5 Å². The molecule has 0 fully saturated rings. The lowest BCUT2D eigenvalue weighted by Crippen LogP contribution is -2.12. The van der Waals surface area contributed by atoms with Gasteiger partial charge in [-0.1, -0.05) is 54.6 Å². The number of aromatic nitrogens is 3. The normalized spacial score (nSPS) is 13.8. The summed E-state index contributed by atoms with van der Waals surface area (Å²) in [6.07, 6.45) is 2.78. The van der Waals surface area contributed by atoms with E-state index in [0.29, 0.717) is 49.6 Å². The molecular formula is C31H31N3O5. The molecule has 8 heteroatoms. The van der Waals surface area contributed by atoms with Crippen molar-refractivity contribution in [2.24, 2.45) is 7.05 Å². The van der Waals surface area contributed by atoms with Gasteiger partial charge < -0.3 is 24.3 Å². The third kappa shape index (κ3) is 4.51. The molecule has 0 atom stereocenters. The Bertz CT molecular complexity index is 1680. The highest BCUT2D eigenvalue weighted by atomic mass is 16.5. The molecule has 39 heavy (non-hydrogen) atoms. The van der Waals surface area contributed by atoms with Gasteiger partial charge in [0.2, 0.25) is 5.88 Å². The molecule has 0 unspecified atom stereocenters. The Balaban J connectivity index is 1.39. The van der Waals surface area contributed by atoms with Crippen molar-refractivity contribution in [1.29, 1.82) is 0 Å². The Morgan fingerprint density at radius 2 is 1.85 bits per heavy atom. The second-order valence-electron chi connectivity index (χ2n) is 9.94. The number of para-hydroxylation sites is 1. The lowest BCUT2D eigenvalue weighted by Gasteiger charge is -2.11. The number of nitrogens with zero attached hydrogens (tertiary/aromatic N) is 3. The number of carbonyl (C=O) groups is 1. The van der Waals surface area contributed by atoms with Gasteiger partial charge in [0.05, 0.1) is 24.3 Å². The van der Waals surface area contributed by atoms with Gasteiger partial charge in [-0.2, -0.15) is 5.10 Å². The molecule has 1 aliphatic heterocycles. The molecule has 0 saturated heterocycles. The summed E-state index contributed by atoms with van der Waals surface area (Å²) < 4.78 is 15.3. The molecule has 6 rings (SSSR count). The van der Waals surface area contributed by atoms with E-state index in [-0.39, 0.29) is 12.5 Å². The van der Waals surface area contributed by atoms with Gasteiger partial charge in [0.25, 0.3) is 0 Å². The third-order valence-electron chi connectivity index (χ3n) is 7.49. The van der Waals surface area contributed by atoms with Gasteiger partial charge in [-0.15, -0.1) is 0 Å². The molecule has 0 saturated carbocycles. The molecule has 5 aromatic rings. The fourth-order valence-corrected chi connectivity index (χ4v) is 5.74. The Hall–Kier alpha value is -4.30. The average molecular weight is 526 g/mol. The van der Waals surface area contributed by atoms with Gasteiger partial charge in [-0.3, -0.25) is 0 Å². The fraction of sp³-hybridized carbons (Fsp3) is 0.290. The minimum absolute atomic E-state index is 0.0370. The number of ether oxygens (including phenoxy) is 2. The first kappa shape index (κ1) is 25.0. The van der Waals surface area contributed by atoms with Crippen LogP contribution in [0, 0.1) is 0 Å². The number of fused-ring (bicyclic) bond motifs is 3. The smallest absolute Gasteiger partial charge is 0.352 e. The monoisotopic (exact) mass is 525 g/mol. The molecule has 0 bridgehead atoms. The second-order valence-corrected chi connectivity index (χ2v) is 9.94. The van der Waals surface area contributed by atoms with Crippen molar-refractivity contribution in [2.75, 3.05) is 13.2 Å². The number of aromatic hydroxyl groups is 1. The number of rotatable bonds is 6. The van der Waals surface area contributed by atoms with E-state index in [2.05, 4.69) is 17.2 Å². The predicted octanol–water partition coefficient (Wildman–Crippen LogP) is 5.92. The van der Waals surface area contributed by atoms with E-state index in [1.54, 1.807) is 7.05 Å². The largest absolute Gasteiger partial charge is 0.493 e. The Morgan fingerprint density at radius 1 is 1.05 bits per heavy atom. The number of carboxylic acids is 1. The van der Waals surface area contributed by atoms with Crippen LogP contribution in [-0.2, 0) is 31.4 Å². The van der Waals surface area contributed by atoms with Gasteiger partial charge in [-0.05, 0) is 42.7 Å². The first-order chi connectivity index (χ1) is 19.0. The highest BCUT2D eigenvalue weighted by Gasteiger charge is 2.27. The van der Waals surface area contributed by atoms with Crippen LogP contribution in [0.25, 0.3) is 32.8 Å². The first-order valence-electron chi connectivity index (χ1n) is 13.4. The van der Waals surface area contributed by atoms with E-state index in [0.717, 1.165) is 51.4 Å². The summed E-state index contributed by atoms with van der Waals surface area (Å²) in [5.74, 6) is -0.0913. The summed E-state index contributed by atoms with van der Waals surface area (Å²) in [4.78, 5) is 12.7. The molecule has 0 amide bonds. The van der Waals surface area contributed by atoms with E-state index < -0.39 is 5.97 Å². The maximum atomic E-state index is 12.7. The van der Waals surface area contributed by atoms with Crippen molar-refractivity contribution >= 4 is 27.6 Å². The topological polar surface area (TPSA) is 98.7 Å². The van der Waals surface area contributed by atoms with Gasteiger partial charge in [0.1, 0.15) is 17.1 Å². The molecule has 0 spiro atoms. The van der Waals surface area contributed by atoms with Gasteiger partial charge in [0.15, 0.2) is 0 Å². The summed E-state index contributed by atoms with van der Waals surface area (Å²) in [6.45, 7) is 1.83. The summed E-state index contributed by atoms with van der Waals surface area (Å²) >= 11 is 0. The number of aromatic carboxylic acids is 1. The summed E-state index contributed by atoms with van der Waals surface area (Å²) in [7, 11) is 1.69.